The summed E-state index contributed by atoms with van der Waals surface area (Å²) in [4.78, 5) is 8.58. The number of rotatable bonds is 2. The molecular weight excluding hydrogens is 244 g/mol. The van der Waals surface area contributed by atoms with Crippen LogP contribution in [0.25, 0.3) is 21.8 Å². The quantitative estimate of drug-likeness (QED) is 0.760. The normalized spacial score (nSPS) is 10.4. The molecule has 0 aliphatic carbocycles. The summed E-state index contributed by atoms with van der Waals surface area (Å²) < 4.78 is 0. The Labute approximate surface area is 108 Å². The summed E-state index contributed by atoms with van der Waals surface area (Å²) in [6, 6.07) is 10.9. The lowest BCUT2D eigenvalue weighted by Gasteiger charge is -1.97. The molecule has 3 nitrogen and oxygen atoms in total. The highest BCUT2D eigenvalue weighted by Crippen LogP contribution is 2.29. The maximum absolute atomic E-state index is 9.26. The number of thiazole rings is 1. The van der Waals surface area contributed by atoms with E-state index in [1.54, 1.807) is 35.9 Å². The van der Waals surface area contributed by atoms with Crippen molar-refractivity contribution >= 4 is 11.3 Å². The van der Waals surface area contributed by atoms with Gasteiger partial charge in [0.15, 0.2) is 0 Å². The van der Waals surface area contributed by atoms with Crippen molar-refractivity contribution in [2.45, 2.75) is 0 Å². The molecule has 0 saturated carbocycles. The van der Waals surface area contributed by atoms with Crippen molar-refractivity contribution in [2.24, 2.45) is 0 Å². The summed E-state index contributed by atoms with van der Waals surface area (Å²) in [5.74, 6) is 0.267. The van der Waals surface area contributed by atoms with Crippen molar-refractivity contribution in [1.82, 2.24) is 9.97 Å². The topological polar surface area (TPSA) is 46.0 Å². The fourth-order valence-electron chi connectivity index (χ4n) is 1.67. The van der Waals surface area contributed by atoms with E-state index < -0.39 is 0 Å². The highest BCUT2D eigenvalue weighted by molar-refractivity contribution is 7.13. The van der Waals surface area contributed by atoms with Gasteiger partial charge in [-0.3, -0.25) is 4.98 Å². The van der Waals surface area contributed by atoms with Crippen LogP contribution in [0.1, 0.15) is 0 Å². The lowest BCUT2D eigenvalue weighted by Crippen LogP contribution is -1.79. The fraction of sp³-hybridized carbons (Fsp3) is 0. The molecule has 0 bridgehead atoms. The average Bonchev–Trinajstić information content (AvgIpc) is 2.90. The Kier molecular flexibility index (Phi) is 2.78. The smallest absolute Gasteiger partial charge is 0.124 e. The van der Waals surface area contributed by atoms with E-state index >= 15 is 0 Å². The first kappa shape index (κ1) is 10.9. The molecule has 0 radical (unpaired) electrons. The average molecular weight is 254 g/mol. The Morgan fingerprint density at radius 3 is 2.33 bits per heavy atom. The first-order valence-electron chi connectivity index (χ1n) is 5.48. The molecule has 4 heteroatoms. The van der Waals surface area contributed by atoms with Crippen molar-refractivity contribution in [1.29, 1.82) is 0 Å². The van der Waals surface area contributed by atoms with E-state index in [1.165, 1.54) is 0 Å². The van der Waals surface area contributed by atoms with Crippen LogP contribution < -0.4 is 0 Å². The lowest BCUT2D eigenvalue weighted by atomic mass is 10.2. The van der Waals surface area contributed by atoms with Crippen molar-refractivity contribution < 1.29 is 5.11 Å². The van der Waals surface area contributed by atoms with Crippen LogP contribution in [0.5, 0.6) is 5.75 Å². The van der Waals surface area contributed by atoms with Crippen LogP contribution in [0, 0.1) is 0 Å². The summed E-state index contributed by atoms with van der Waals surface area (Å²) >= 11 is 1.60. The predicted octanol–water partition coefficient (Wildman–Crippen LogP) is 3.58. The number of hydrogen-bond acceptors (Lipinski definition) is 4. The second-order valence-corrected chi connectivity index (χ2v) is 4.68. The van der Waals surface area contributed by atoms with E-state index in [2.05, 4.69) is 9.97 Å². The number of aromatic hydroxyl groups is 1. The van der Waals surface area contributed by atoms with E-state index in [4.69, 9.17) is 0 Å². The van der Waals surface area contributed by atoms with Crippen LogP contribution in [-0.4, -0.2) is 15.1 Å². The lowest BCUT2D eigenvalue weighted by molar-refractivity contribution is 0.475. The van der Waals surface area contributed by atoms with Gasteiger partial charge in [-0.2, -0.15) is 0 Å². The maximum Gasteiger partial charge on any atom is 0.124 e. The van der Waals surface area contributed by atoms with Crippen LogP contribution in [0.4, 0.5) is 0 Å². The number of benzene rings is 1. The van der Waals surface area contributed by atoms with Gasteiger partial charge in [-0.15, -0.1) is 11.3 Å². The summed E-state index contributed by atoms with van der Waals surface area (Å²) in [7, 11) is 0. The fourth-order valence-corrected chi connectivity index (χ4v) is 2.50. The second kappa shape index (κ2) is 4.58. The molecule has 0 atom stereocenters. The monoisotopic (exact) mass is 254 g/mol. The van der Waals surface area contributed by atoms with E-state index in [0.29, 0.717) is 0 Å². The van der Waals surface area contributed by atoms with E-state index in [9.17, 15) is 5.11 Å². The zero-order valence-corrected chi connectivity index (χ0v) is 10.3. The van der Waals surface area contributed by atoms with Gasteiger partial charge < -0.3 is 5.11 Å². The second-order valence-electron chi connectivity index (χ2n) is 3.82. The standard InChI is InChI=1S/C14H10N2OS/c17-12-3-1-10(2-4-12)13-9-18-14(16-13)11-5-7-15-8-6-11/h1-9,17H. The summed E-state index contributed by atoms with van der Waals surface area (Å²) in [6.45, 7) is 0. The van der Waals surface area contributed by atoms with Gasteiger partial charge in [0.25, 0.3) is 0 Å². The zero-order chi connectivity index (χ0) is 12.4. The van der Waals surface area contributed by atoms with E-state index in [0.717, 1.165) is 21.8 Å². The first-order valence-corrected chi connectivity index (χ1v) is 6.36. The minimum Gasteiger partial charge on any atom is -0.508 e. The minimum absolute atomic E-state index is 0.267. The number of hydrogen-bond donors (Lipinski definition) is 1. The van der Waals surface area contributed by atoms with Crippen LogP contribution in [0.3, 0.4) is 0 Å². The molecule has 0 spiro atoms. The molecular formula is C14H10N2OS. The predicted molar refractivity (Wildman–Crippen MR) is 72.4 cm³/mol. The summed E-state index contributed by atoms with van der Waals surface area (Å²) in [5.41, 5.74) is 3.00. The number of nitrogens with zero attached hydrogens (tertiary/aromatic N) is 2. The van der Waals surface area contributed by atoms with Crippen molar-refractivity contribution in [3.63, 3.8) is 0 Å². The molecule has 0 fully saturated rings. The van der Waals surface area contributed by atoms with Gasteiger partial charge in [0.05, 0.1) is 5.69 Å². The molecule has 1 aromatic carbocycles. The van der Waals surface area contributed by atoms with Crippen molar-refractivity contribution in [3.8, 4) is 27.6 Å². The molecule has 18 heavy (non-hydrogen) atoms. The third kappa shape index (κ3) is 2.10. The SMILES string of the molecule is Oc1ccc(-c2csc(-c3ccncc3)n2)cc1. The molecule has 88 valence electrons. The molecule has 0 amide bonds. The van der Waals surface area contributed by atoms with Gasteiger partial charge in [-0.05, 0) is 36.4 Å². The van der Waals surface area contributed by atoms with Crippen LogP contribution in [0.15, 0.2) is 54.2 Å². The molecule has 1 N–H and O–H groups in total. The summed E-state index contributed by atoms with van der Waals surface area (Å²) in [6.07, 6.45) is 3.52. The van der Waals surface area contributed by atoms with Crippen LogP contribution in [-0.2, 0) is 0 Å². The zero-order valence-electron chi connectivity index (χ0n) is 9.45. The van der Waals surface area contributed by atoms with Gasteiger partial charge in [-0.25, -0.2) is 4.98 Å². The Morgan fingerprint density at radius 1 is 0.889 bits per heavy atom. The molecule has 2 heterocycles. The Morgan fingerprint density at radius 2 is 1.61 bits per heavy atom. The Hall–Kier alpha value is -2.20. The van der Waals surface area contributed by atoms with Gasteiger partial charge >= 0.3 is 0 Å². The molecule has 2 aromatic heterocycles. The van der Waals surface area contributed by atoms with Gasteiger partial charge in [0.2, 0.25) is 0 Å². The van der Waals surface area contributed by atoms with Gasteiger partial charge in [0, 0.05) is 28.9 Å². The molecule has 0 saturated heterocycles. The third-order valence-electron chi connectivity index (χ3n) is 2.59. The van der Waals surface area contributed by atoms with Crippen molar-refractivity contribution in [2.75, 3.05) is 0 Å². The third-order valence-corrected chi connectivity index (χ3v) is 3.49. The molecule has 3 aromatic rings. The molecule has 3 rings (SSSR count). The van der Waals surface area contributed by atoms with Crippen molar-refractivity contribution in [3.05, 3.63) is 54.2 Å². The number of phenolic OH excluding ortho intramolecular Hbond substituents is 1. The van der Waals surface area contributed by atoms with E-state index in [-0.39, 0.29) is 5.75 Å². The maximum atomic E-state index is 9.26. The van der Waals surface area contributed by atoms with Crippen LogP contribution >= 0.6 is 11.3 Å². The van der Waals surface area contributed by atoms with E-state index in [1.807, 2.05) is 29.6 Å². The molecule has 0 unspecified atom stereocenters. The Bertz CT molecular complexity index is 647. The van der Waals surface area contributed by atoms with Gasteiger partial charge in [-0.1, -0.05) is 0 Å². The molecule has 0 aliphatic rings. The Balaban J connectivity index is 1.97. The van der Waals surface area contributed by atoms with Crippen LogP contribution in [0.2, 0.25) is 0 Å². The van der Waals surface area contributed by atoms with Gasteiger partial charge in [0.1, 0.15) is 10.8 Å². The first-order chi connectivity index (χ1) is 8.83. The number of phenols is 1. The minimum atomic E-state index is 0.267. The number of pyridine rings is 1. The highest BCUT2D eigenvalue weighted by atomic mass is 32.1. The largest absolute Gasteiger partial charge is 0.508 e. The molecule has 0 aliphatic heterocycles. The highest BCUT2D eigenvalue weighted by Gasteiger charge is 2.06. The summed E-state index contributed by atoms with van der Waals surface area (Å²) in [5, 5.41) is 12.3. The number of aromatic nitrogens is 2.